The summed E-state index contributed by atoms with van der Waals surface area (Å²) in [4.78, 5) is 15.2. The smallest absolute Gasteiger partial charge is 0.350 e. The third-order valence-electron chi connectivity index (χ3n) is 7.18. The van der Waals surface area contributed by atoms with Gasteiger partial charge in [0.05, 0.1) is 17.2 Å². The molecule has 2 aliphatic rings. The lowest BCUT2D eigenvalue weighted by Gasteiger charge is -2.31. The summed E-state index contributed by atoms with van der Waals surface area (Å²) in [6.07, 6.45) is 10.1. The van der Waals surface area contributed by atoms with E-state index in [1.807, 2.05) is 34.9 Å². The van der Waals surface area contributed by atoms with Crippen LogP contribution < -0.4 is 5.69 Å². The van der Waals surface area contributed by atoms with E-state index in [9.17, 15) is 10.1 Å². The SMILES string of the molecule is N#CC1(c2cccc(Sc3ccc(-n4ncn(C5CCCCCC5)c4=O)cc3)c2)CCOCC1. The molecule has 5 rings (SSSR count). The second-order valence-electron chi connectivity index (χ2n) is 9.31. The van der Waals surface area contributed by atoms with E-state index in [4.69, 9.17) is 4.74 Å². The first-order valence-corrected chi connectivity index (χ1v) is 13.0. The summed E-state index contributed by atoms with van der Waals surface area (Å²) in [5, 5.41) is 14.3. The van der Waals surface area contributed by atoms with E-state index >= 15 is 0 Å². The first-order valence-electron chi connectivity index (χ1n) is 12.2. The number of hydrogen-bond donors (Lipinski definition) is 0. The van der Waals surface area contributed by atoms with Crippen LogP contribution in [0.5, 0.6) is 0 Å². The number of ether oxygens (including phenoxy) is 1. The van der Waals surface area contributed by atoms with E-state index in [-0.39, 0.29) is 11.7 Å². The zero-order valence-electron chi connectivity index (χ0n) is 19.4. The lowest BCUT2D eigenvalue weighted by molar-refractivity contribution is 0.0675. The zero-order chi connectivity index (χ0) is 23.4. The normalized spacial score (nSPS) is 18.8. The molecule has 0 unspecified atom stereocenters. The molecule has 0 atom stereocenters. The summed E-state index contributed by atoms with van der Waals surface area (Å²) >= 11 is 1.66. The Morgan fingerprint density at radius 2 is 1.74 bits per heavy atom. The van der Waals surface area contributed by atoms with Gasteiger partial charge < -0.3 is 4.74 Å². The van der Waals surface area contributed by atoms with Gasteiger partial charge in [-0.15, -0.1) is 0 Å². The number of nitriles is 1. The van der Waals surface area contributed by atoms with Crippen LogP contribution in [0.2, 0.25) is 0 Å². The Morgan fingerprint density at radius 3 is 2.44 bits per heavy atom. The van der Waals surface area contributed by atoms with Crippen molar-refractivity contribution in [1.29, 1.82) is 5.26 Å². The van der Waals surface area contributed by atoms with Crippen molar-refractivity contribution in [2.24, 2.45) is 0 Å². The average Bonchev–Trinajstić information content (AvgIpc) is 3.07. The van der Waals surface area contributed by atoms with Gasteiger partial charge in [0.25, 0.3) is 0 Å². The minimum atomic E-state index is -0.462. The summed E-state index contributed by atoms with van der Waals surface area (Å²) in [7, 11) is 0. The highest BCUT2D eigenvalue weighted by Crippen LogP contribution is 2.37. The Hall–Kier alpha value is -2.82. The lowest BCUT2D eigenvalue weighted by Crippen LogP contribution is -2.32. The fourth-order valence-electron chi connectivity index (χ4n) is 5.11. The van der Waals surface area contributed by atoms with Gasteiger partial charge in [-0.25, -0.2) is 4.79 Å². The molecule has 3 aromatic rings. The fourth-order valence-corrected chi connectivity index (χ4v) is 5.99. The van der Waals surface area contributed by atoms with Crippen LogP contribution in [0.25, 0.3) is 5.69 Å². The maximum absolute atomic E-state index is 13.0. The molecule has 0 N–H and O–H groups in total. The van der Waals surface area contributed by atoms with Gasteiger partial charge in [0, 0.05) is 29.0 Å². The van der Waals surface area contributed by atoms with Crippen LogP contribution >= 0.6 is 11.8 Å². The number of nitrogens with zero attached hydrogens (tertiary/aromatic N) is 4. The first kappa shape index (κ1) is 22.9. The molecule has 2 heterocycles. The van der Waals surface area contributed by atoms with E-state index in [1.54, 1.807) is 18.1 Å². The van der Waals surface area contributed by atoms with Crippen LogP contribution in [-0.2, 0) is 10.2 Å². The van der Waals surface area contributed by atoms with E-state index in [2.05, 4.69) is 29.4 Å². The highest BCUT2D eigenvalue weighted by atomic mass is 32.2. The number of benzene rings is 2. The van der Waals surface area contributed by atoms with E-state index in [1.165, 1.54) is 30.4 Å². The average molecular weight is 475 g/mol. The van der Waals surface area contributed by atoms with E-state index in [0.717, 1.165) is 46.7 Å². The minimum Gasteiger partial charge on any atom is -0.381 e. The summed E-state index contributed by atoms with van der Waals surface area (Å²) in [6.45, 7) is 1.25. The van der Waals surface area contributed by atoms with Crippen molar-refractivity contribution in [1.82, 2.24) is 14.3 Å². The third kappa shape index (κ3) is 4.70. The van der Waals surface area contributed by atoms with Crippen molar-refractivity contribution in [2.45, 2.75) is 72.6 Å². The van der Waals surface area contributed by atoms with Gasteiger partial charge >= 0.3 is 5.69 Å². The monoisotopic (exact) mass is 474 g/mol. The molecular weight excluding hydrogens is 444 g/mol. The van der Waals surface area contributed by atoms with Gasteiger partial charge in [-0.2, -0.15) is 15.0 Å². The maximum atomic E-state index is 13.0. The largest absolute Gasteiger partial charge is 0.381 e. The summed E-state index contributed by atoms with van der Waals surface area (Å²) in [6, 6.07) is 19.1. The molecule has 1 aromatic heterocycles. The number of hydrogen-bond acceptors (Lipinski definition) is 5. The molecule has 1 saturated heterocycles. The Bertz CT molecular complexity index is 1210. The van der Waals surface area contributed by atoms with Crippen molar-refractivity contribution in [3.8, 4) is 11.8 Å². The predicted molar refractivity (Wildman–Crippen MR) is 132 cm³/mol. The number of rotatable bonds is 5. The Balaban J connectivity index is 1.32. The topological polar surface area (TPSA) is 72.8 Å². The maximum Gasteiger partial charge on any atom is 0.350 e. The zero-order valence-corrected chi connectivity index (χ0v) is 20.2. The second kappa shape index (κ2) is 10.2. The van der Waals surface area contributed by atoms with Crippen molar-refractivity contribution >= 4 is 11.8 Å². The molecule has 2 fully saturated rings. The van der Waals surface area contributed by atoms with E-state index in [0.29, 0.717) is 13.2 Å². The van der Waals surface area contributed by atoms with Crippen molar-refractivity contribution < 1.29 is 4.74 Å². The summed E-state index contributed by atoms with van der Waals surface area (Å²) in [5.41, 5.74) is 1.32. The van der Waals surface area contributed by atoms with Gasteiger partial charge in [0.1, 0.15) is 6.33 Å². The van der Waals surface area contributed by atoms with Crippen molar-refractivity contribution in [3.05, 3.63) is 70.9 Å². The molecule has 0 spiro atoms. The molecule has 0 radical (unpaired) electrons. The van der Waals surface area contributed by atoms with Gasteiger partial charge in [0.15, 0.2) is 0 Å². The Kier molecular flexibility index (Phi) is 6.89. The van der Waals surface area contributed by atoms with Gasteiger partial charge in [-0.3, -0.25) is 4.57 Å². The summed E-state index contributed by atoms with van der Waals surface area (Å²) < 4.78 is 8.81. The number of aromatic nitrogens is 3. The third-order valence-corrected chi connectivity index (χ3v) is 8.17. The van der Waals surface area contributed by atoms with Crippen LogP contribution in [-0.4, -0.2) is 27.6 Å². The quantitative estimate of drug-likeness (QED) is 0.447. The fraction of sp³-hybridized carbons (Fsp3) is 0.444. The molecule has 34 heavy (non-hydrogen) atoms. The second-order valence-corrected chi connectivity index (χ2v) is 10.5. The molecular formula is C27H30N4O2S. The standard InChI is InChI=1S/C27H30N4O2S/c28-19-27(14-16-33-17-15-27)21-6-5-9-25(18-21)34-24-12-10-23(11-13-24)31-26(32)30(20-29-31)22-7-3-1-2-4-8-22/h5-6,9-13,18,20,22H,1-4,7-8,14-17H2. The van der Waals surface area contributed by atoms with Crippen LogP contribution in [0, 0.1) is 11.3 Å². The predicted octanol–water partition coefficient (Wildman–Crippen LogP) is 5.65. The van der Waals surface area contributed by atoms with Crippen molar-refractivity contribution in [2.75, 3.05) is 13.2 Å². The molecule has 0 amide bonds. The first-order chi connectivity index (χ1) is 16.7. The van der Waals surface area contributed by atoms with Crippen molar-refractivity contribution in [3.63, 3.8) is 0 Å². The van der Waals surface area contributed by atoms with Gasteiger partial charge in [-0.05, 0) is 67.6 Å². The lowest BCUT2D eigenvalue weighted by atomic mass is 9.75. The molecule has 0 bridgehead atoms. The van der Waals surface area contributed by atoms with Crippen LogP contribution in [0.3, 0.4) is 0 Å². The molecule has 1 saturated carbocycles. The van der Waals surface area contributed by atoms with Crippen LogP contribution in [0.1, 0.15) is 63.0 Å². The highest BCUT2D eigenvalue weighted by Gasteiger charge is 2.34. The van der Waals surface area contributed by atoms with E-state index < -0.39 is 5.41 Å². The molecule has 1 aliphatic heterocycles. The van der Waals surface area contributed by atoms with Gasteiger partial charge in [0.2, 0.25) is 0 Å². The Morgan fingerprint density at radius 1 is 1.00 bits per heavy atom. The molecule has 2 aromatic carbocycles. The Labute approximate surface area is 204 Å². The minimum absolute atomic E-state index is 0.0572. The highest BCUT2D eigenvalue weighted by molar-refractivity contribution is 7.99. The molecule has 176 valence electrons. The summed E-state index contributed by atoms with van der Waals surface area (Å²) in [5.74, 6) is 0. The van der Waals surface area contributed by atoms with Crippen LogP contribution in [0.15, 0.2) is 69.4 Å². The molecule has 7 heteroatoms. The van der Waals surface area contributed by atoms with Crippen LogP contribution in [0.4, 0.5) is 0 Å². The molecule has 6 nitrogen and oxygen atoms in total. The molecule has 1 aliphatic carbocycles. The van der Waals surface area contributed by atoms with Gasteiger partial charge in [-0.1, -0.05) is 49.6 Å².